The molecule has 1 saturated heterocycles. The number of anilines is 2. The summed E-state index contributed by atoms with van der Waals surface area (Å²) in [4.78, 5) is 24.2. The molecule has 1 fully saturated rings. The Labute approximate surface area is 165 Å². The molecular weight excluding hydrogens is 348 g/mol. The lowest BCUT2D eigenvalue weighted by molar-refractivity contribution is 0.0750. The fourth-order valence-corrected chi connectivity index (χ4v) is 3.64. The van der Waals surface area contributed by atoms with E-state index in [1.165, 1.54) is 18.4 Å². The third kappa shape index (κ3) is 3.98. The van der Waals surface area contributed by atoms with Crippen molar-refractivity contribution in [1.82, 2.24) is 14.9 Å². The molecule has 0 unspecified atom stereocenters. The summed E-state index contributed by atoms with van der Waals surface area (Å²) < 4.78 is 0. The second kappa shape index (κ2) is 8.38. The zero-order chi connectivity index (χ0) is 19.3. The van der Waals surface area contributed by atoms with Gasteiger partial charge in [-0.3, -0.25) is 4.79 Å². The van der Waals surface area contributed by atoms with Crippen LogP contribution in [0.2, 0.25) is 0 Å². The fraction of sp³-hybridized carbons (Fsp3) is 0.348. The van der Waals surface area contributed by atoms with E-state index in [4.69, 9.17) is 0 Å². The summed E-state index contributed by atoms with van der Waals surface area (Å²) in [6.45, 7) is 3.72. The van der Waals surface area contributed by atoms with Crippen molar-refractivity contribution in [3.63, 3.8) is 0 Å². The van der Waals surface area contributed by atoms with Gasteiger partial charge in [0.05, 0.1) is 5.52 Å². The molecule has 1 amide bonds. The molecule has 0 atom stereocenters. The standard InChI is InChI=1S/C23H26N4O/c1-2-17-11-13-18(14-12-17)24-21-19-9-5-6-10-20(19)25-22(26-21)23(28)27-15-7-3-4-8-16-27/h5-6,9-14H,2-4,7-8,15-16H2,1H3,(H,24,25,26). The Balaban J connectivity index is 1.69. The molecule has 0 radical (unpaired) electrons. The summed E-state index contributed by atoms with van der Waals surface area (Å²) in [5.41, 5.74) is 3.02. The third-order valence-electron chi connectivity index (χ3n) is 5.31. The highest BCUT2D eigenvalue weighted by Crippen LogP contribution is 2.25. The van der Waals surface area contributed by atoms with Crippen LogP contribution in [0.15, 0.2) is 48.5 Å². The van der Waals surface area contributed by atoms with Gasteiger partial charge in [0.25, 0.3) is 5.91 Å². The Morgan fingerprint density at radius 1 is 0.964 bits per heavy atom. The van der Waals surface area contributed by atoms with Gasteiger partial charge in [0.15, 0.2) is 0 Å². The quantitative estimate of drug-likeness (QED) is 0.702. The molecule has 2 aromatic carbocycles. The van der Waals surface area contributed by atoms with E-state index in [2.05, 4.69) is 34.3 Å². The Morgan fingerprint density at radius 2 is 1.68 bits per heavy atom. The van der Waals surface area contributed by atoms with E-state index in [0.717, 1.165) is 48.9 Å². The van der Waals surface area contributed by atoms with E-state index in [1.54, 1.807) is 0 Å². The van der Waals surface area contributed by atoms with Gasteiger partial charge in [0.2, 0.25) is 5.82 Å². The number of aryl methyl sites for hydroxylation is 1. The number of amides is 1. The Morgan fingerprint density at radius 3 is 2.39 bits per heavy atom. The van der Waals surface area contributed by atoms with E-state index in [-0.39, 0.29) is 11.7 Å². The number of fused-ring (bicyclic) bond motifs is 1. The maximum Gasteiger partial charge on any atom is 0.291 e. The van der Waals surface area contributed by atoms with E-state index >= 15 is 0 Å². The van der Waals surface area contributed by atoms with Gasteiger partial charge < -0.3 is 10.2 Å². The van der Waals surface area contributed by atoms with Gasteiger partial charge in [-0.15, -0.1) is 0 Å². The maximum atomic E-state index is 13.1. The van der Waals surface area contributed by atoms with Gasteiger partial charge in [0, 0.05) is 24.2 Å². The lowest BCUT2D eigenvalue weighted by Crippen LogP contribution is -2.33. The second-order valence-electron chi connectivity index (χ2n) is 7.29. The predicted octanol–water partition coefficient (Wildman–Crippen LogP) is 4.95. The first-order chi connectivity index (χ1) is 13.7. The van der Waals surface area contributed by atoms with Crippen LogP contribution in [0.3, 0.4) is 0 Å². The molecule has 4 rings (SSSR count). The number of carbonyl (C=O) groups is 1. The highest BCUT2D eigenvalue weighted by molar-refractivity contribution is 5.97. The molecule has 28 heavy (non-hydrogen) atoms. The molecule has 1 aliphatic heterocycles. The first-order valence-electron chi connectivity index (χ1n) is 10.2. The van der Waals surface area contributed by atoms with Crippen LogP contribution in [0, 0.1) is 0 Å². The number of hydrogen-bond donors (Lipinski definition) is 1. The lowest BCUT2D eigenvalue weighted by Gasteiger charge is -2.20. The highest BCUT2D eigenvalue weighted by Gasteiger charge is 2.21. The average Bonchev–Trinajstić information content (AvgIpc) is 3.03. The van der Waals surface area contributed by atoms with Crippen LogP contribution in [-0.4, -0.2) is 33.9 Å². The summed E-state index contributed by atoms with van der Waals surface area (Å²) in [6.07, 6.45) is 5.47. The van der Waals surface area contributed by atoms with E-state index < -0.39 is 0 Å². The number of nitrogens with one attached hydrogen (secondary N) is 1. The molecule has 0 aliphatic carbocycles. The Hall–Kier alpha value is -2.95. The van der Waals surface area contributed by atoms with Crippen molar-refractivity contribution < 1.29 is 4.79 Å². The van der Waals surface area contributed by atoms with E-state index in [0.29, 0.717) is 5.82 Å². The number of aromatic nitrogens is 2. The molecule has 1 N–H and O–H groups in total. The first-order valence-corrected chi connectivity index (χ1v) is 10.2. The third-order valence-corrected chi connectivity index (χ3v) is 5.31. The number of hydrogen-bond acceptors (Lipinski definition) is 4. The Bertz CT molecular complexity index is 960. The van der Waals surface area contributed by atoms with Crippen molar-refractivity contribution in [3.8, 4) is 0 Å². The van der Waals surface area contributed by atoms with Crippen LogP contribution in [0.4, 0.5) is 11.5 Å². The number of rotatable bonds is 4. The minimum atomic E-state index is -0.0722. The molecule has 5 nitrogen and oxygen atoms in total. The van der Waals surface area contributed by atoms with Crippen molar-refractivity contribution in [3.05, 3.63) is 59.9 Å². The van der Waals surface area contributed by atoms with Crippen molar-refractivity contribution >= 4 is 28.3 Å². The number of carbonyl (C=O) groups excluding carboxylic acids is 1. The molecule has 2 heterocycles. The number of benzene rings is 2. The van der Waals surface area contributed by atoms with Gasteiger partial charge in [-0.25, -0.2) is 9.97 Å². The number of para-hydroxylation sites is 1. The molecule has 0 spiro atoms. The summed E-state index contributed by atoms with van der Waals surface area (Å²) in [7, 11) is 0. The van der Waals surface area contributed by atoms with Crippen molar-refractivity contribution in [2.45, 2.75) is 39.0 Å². The zero-order valence-electron chi connectivity index (χ0n) is 16.3. The minimum Gasteiger partial charge on any atom is -0.340 e. The topological polar surface area (TPSA) is 58.1 Å². The SMILES string of the molecule is CCc1ccc(Nc2nc(C(=O)N3CCCCCC3)nc3ccccc23)cc1. The molecule has 0 saturated carbocycles. The van der Waals surface area contributed by atoms with Crippen molar-refractivity contribution in [2.24, 2.45) is 0 Å². The predicted molar refractivity (Wildman–Crippen MR) is 113 cm³/mol. The van der Waals surface area contributed by atoms with Crippen molar-refractivity contribution in [2.75, 3.05) is 18.4 Å². The number of nitrogens with zero attached hydrogens (tertiary/aromatic N) is 3. The summed E-state index contributed by atoms with van der Waals surface area (Å²) >= 11 is 0. The van der Waals surface area contributed by atoms with Crippen LogP contribution < -0.4 is 5.32 Å². The maximum absolute atomic E-state index is 13.1. The molecule has 144 valence electrons. The molecule has 1 aliphatic rings. The molecule has 3 aromatic rings. The molecule has 5 heteroatoms. The van der Waals surface area contributed by atoms with Crippen LogP contribution in [0.25, 0.3) is 10.9 Å². The summed E-state index contributed by atoms with van der Waals surface area (Å²) in [5, 5.41) is 4.30. The Kier molecular flexibility index (Phi) is 5.51. The van der Waals surface area contributed by atoms with Crippen LogP contribution in [0.5, 0.6) is 0 Å². The van der Waals surface area contributed by atoms with Crippen molar-refractivity contribution in [1.29, 1.82) is 0 Å². The monoisotopic (exact) mass is 374 g/mol. The van der Waals surface area contributed by atoms with Crippen LogP contribution >= 0.6 is 0 Å². The van der Waals surface area contributed by atoms with Gasteiger partial charge in [-0.2, -0.15) is 0 Å². The zero-order valence-corrected chi connectivity index (χ0v) is 16.3. The van der Waals surface area contributed by atoms with Gasteiger partial charge >= 0.3 is 0 Å². The number of likely N-dealkylation sites (tertiary alicyclic amines) is 1. The van der Waals surface area contributed by atoms with E-state index in [9.17, 15) is 4.79 Å². The lowest BCUT2D eigenvalue weighted by atomic mass is 10.1. The van der Waals surface area contributed by atoms with Crippen LogP contribution in [-0.2, 0) is 6.42 Å². The molecular formula is C23H26N4O. The molecule has 0 bridgehead atoms. The normalized spacial score (nSPS) is 14.7. The minimum absolute atomic E-state index is 0.0722. The van der Waals surface area contributed by atoms with Gasteiger partial charge in [-0.1, -0.05) is 44.0 Å². The summed E-state index contributed by atoms with van der Waals surface area (Å²) in [5.74, 6) is 0.873. The van der Waals surface area contributed by atoms with Crippen LogP contribution in [0.1, 0.15) is 48.8 Å². The molecule has 1 aromatic heterocycles. The van der Waals surface area contributed by atoms with E-state index in [1.807, 2.05) is 41.3 Å². The highest BCUT2D eigenvalue weighted by atomic mass is 16.2. The largest absolute Gasteiger partial charge is 0.340 e. The van der Waals surface area contributed by atoms with Gasteiger partial charge in [0.1, 0.15) is 5.82 Å². The van der Waals surface area contributed by atoms with Gasteiger partial charge in [-0.05, 0) is 49.1 Å². The first kappa shape index (κ1) is 18.4. The smallest absolute Gasteiger partial charge is 0.291 e. The fourth-order valence-electron chi connectivity index (χ4n) is 3.64. The average molecular weight is 374 g/mol. The summed E-state index contributed by atoms with van der Waals surface area (Å²) in [6, 6.07) is 16.1. The second-order valence-corrected chi connectivity index (χ2v) is 7.29.